The van der Waals surface area contributed by atoms with Crippen LogP contribution in [-0.4, -0.2) is 38.2 Å². The van der Waals surface area contributed by atoms with Gasteiger partial charge in [0.2, 0.25) is 0 Å². The van der Waals surface area contributed by atoms with Crippen molar-refractivity contribution in [3.63, 3.8) is 0 Å². The minimum atomic E-state index is -4.81. The fourth-order valence-corrected chi connectivity index (χ4v) is 4.19. The highest BCUT2D eigenvalue weighted by Crippen LogP contribution is 2.38. The van der Waals surface area contributed by atoms with Gasteiger partial charge in [-0.05, 0) is 55.7 Å². The summed E-state index contributed by atoms with van der Waals surface area (Å²) in [6.07, 6.45) is -4.81. The van der Waals surface area contributed by atoms with Crippen LogP contribution >= 0.6 is 11.5 Å². The highest BCUT2D eigenvalue weighted by Gasteiger charge is 2.34. The SMILES string of the molecule is CCOc1nc(C(F)(F)F)cc(=O)n1-c1ccc2snc(-c3cc(C)ccc3OCC(=O)O)c2c1. The molecule has 2 aromatic carbocycles. The van der Waals surface area contributed by atoms with Crippen LogP contribution < -0.4 is 15.0 Å². The largest absolute Gasteiger partial charge is 0.481 e. The molecular formula is C23H18F3N3O5S. The first-order valence-electron chi connectivity index (χ1n) is 10.3. The Bertz CT molecular complexity index is 1480. The van der Waals surface area contributed by atoms with Gasteiger partial charge in [-0.1, -0.05) is 11.6 Å². The Morgan fingerprint density at radius 3 is 2.60 bits per heavy atom. The molecule has 0 saturated heterocycles. The first-order valence-corrected chi connectivity index (χ1v) is 11.1. The smallest absolute Gasteiger partial charge is 0.433 e. The van der Waals surface area contributed by atoms with Gasteiger partial charge in [0, 0.05) is 17.0 Å². The molecule has 8 nitrogen and oxygen atoms in total. The van der Waals surface area contributed by atoms with E-state index in [1.54, 1.807) is 43.3 Å². The highest BCUT2D eigenvalue weighted by molar-refractivity contribution is 7.13. The molecule has 0 unspecified atom stereocenters. The topological polar surface area (TPSA) is 104 Å². The van der Waals surface area contributed by atoms with E-state index in [4.69, 9.17) is 14.6 Å². The first-order chi connectivity index (χ1) is 16.6. The second kappa shape index (κ2) is 9.37. The van der Waals surface area contributed by atoms with Crippen LogP contribution in [0.2, 0.25) is 0 Å². The van der Waals surface area contributed by atoms with Gasteiger partial charge in [0.1, 0.15) is 5.75 Å². The van der Waals surface area contributed by atoms with E-state index in [-0.39, 0.29) is 12.3 Å². The molecule has 0 radical (unpaired) electrons. The van der Waals surface area contributed by atoms with Crippen LogP contribution in [0.3, 0.4) is 0 Å². The highest BCUT2D eigenvalue weighted by atomic mass is 32.1. The van der Waals surface area contributed by atoms with Gasteiger partial charge >= 0.3 is 18.2 Å². The van der Waals surface area contributed by atoms with E-state index in [2.05, 4.69) is 9.36 Å². The summed E-state index contributed by atoms with van der Waals surface area (Å²) in [4.78, 5) is 27.2. The lowest BCUT2D eigenvalue weighted by Gasteiger charge is -2.14. The predicted octanol–water partition coefficient (Wildman–Crippen LogP) is 4.70. The van der Waals surface area contributed by atoms with Crippen LogP contribution in [0.25, 0.3) is 27.0 Å². The van der Waals surface area contributed by atoms with E-state index in [0.717, 1.165) is 14.8 Å². The van der Waals surface area contributed by atoms with Crippen LogP contribution in [0.5, 0.6) is 11.8 Å². The number of aliphatic carboxylic acids is 1. The minimum Gasteiger partial charge on any atom is -0.481 e. The second-order valence-corrected chi connectivity index (χ2v) is 8.23. The molecule has 0 aliphatic rings. The maximum absolute atomic E-state index is 13.2. The lowest BCUT2D eigenvalue weighted by Crippen LogP contribution is -2.25. The maximum atomic E-state index is 13.2. The van der Waals surface area contributed by atoms with E-state index in [1.165, 1.54) is 11.5 Å². The van der Waals surface area contributed by atoms with Gasteiger partial charge in [0.05, 0.1) is 22.7 Å². The lowest BCUT2D eigenvalue weighted by atomic mass is 10.0. The van der Waals surface area contributed by atoms with Gasteiger partial charge in [0.25, 0.3) is 5.56 Å². The molecule has 0 bridgehead atoms. The van der Waals surface area contributed by atoms with E-state index in [0.29, 0.717) is 28.5 Å². The monoisotopic (exact) mass is 505 g/mol. The Morgan fingerprint density at radius 1 is 1.14 bits per heavy atom. The van der Waals surface area contributed by atoms with Gasteiger partial charge in [-0.25, -0.2) is 9.36 Å². The number of carbonyl (C=O) groups is 1. The van der Waals surface area contributed by atoms with Crippen LogP contribution in [0.15, 0.2) is 47.3 Å². The number of aryl methyl sites for hydroxylation is 1. The Morgan fingerprint density at radius 2 is 1.91 bits per heavy atom. The zero-order chi connectivity index (χ0) is 25.3. The fraction of sp³-hybridized carbons (Fsp3) is 0.217. The second-order valence-electron chi connectivity index (χ2n) is 7.42. The number of benzene rings is 2. The molecule has 0 aliphatic carbocycles. The number of halogens is 3. The molecule has 182 valence electrons. The summed E-state index contributed by atoms with van der Waals surface area (Å²) in [7, 11) is 0. The third kappa shape index (κ3) is 4.97. The summed E-state index contributed by atoms with van der Waals surface area (Å²) >= 11 is 1.17. The average molecular weight is 505 g/mol. The summed E-state index contributed by atoms with van der Waals surface area (Å²) in [5.41, 5.74) is -0.183. The van der Waals surface area contributed by atoms with Crippen molar-refractivity contribution in [3.8, 4) is 28.7 Å². The Kier molecular flexibility index (Phi) is 6.48. The third-order valence-corrected chi connectivity index (χ3v) is 5.73. The van der Waals surface area contributed by atoms with Crippen molar-refractivity contribution in [2.24, 2.45) is 0 Å². The zero-order valence-electron chi connectivity index (χ0n) is 18.4. The molecule has 0 spiro atoms. The predicted molar refractivity (Wildman–Crippen MR) is 122 cm³/mol. The van der Waals surface area contributed by atoms with Crippen molar-refractivity contribution < 1.29 is 32.5 Å². The van der Waals surface area contributed by atoms with Crippen LogP contribution in [0.4, 0.5) is 13.2 Å². The molecular weight excluding hydrogens is 487 g/mol. The standard InChI is InChI=1S/C23H18F3N3O5S/c1-3-33-22-27-18(23(24,25)26)10-19(30)29(22)13-5-7-17-15(9-13)21(28-35-17)14-8-12(2)4-6-16(14)34-11-20(31)32/h4-10H,3,11H2,1-2H3,(H,31,32). The van der Waals surface area contributed by atoms with E-state index >= 15 is 0 Å². The number of hydrogen-bond acceptors (Lipinski definition) is 7. The number of carboxylic acids is 1. The van der Waals surface area contributed by atoms with Gasteiger partial charge < -0.3 is 14.6 Å². The number of nitrogens with zero attached hydrogens (tertiary/aromatic N) is 3. The number of alkyl halides is 3. The quantitative estimate of drug-likeness (QED) is 0.388. The summed E-state index contributed by atoms with van der Waals surface area (Å²) in [5, 5.41) is 9.58. The molecule has 0 fully saturated rings. The summed E-state index contributed by atoms with van der Waals surface area (Å²) in [5.74, 6) is -0.835. The summed E-state index contributed by atoms with van der Waals surface area (Å²) in [6, 6.07) is 9.95. The summed E-state index contributed by atoms with van der Waals surface area (Å²) in [6.45, 7) is 2.87. The molecule has 4 rings (SSSR count). The molecule has 4 aromatic rings. The van der Waals surface area contributed by atoms with E-state index < -0.39 is 36.0 Å². The van der Waals surface area contributed by atoms with Crippen molar-refractivity contribution >= 4 is 27.6 Å². The van der Waals surface area contributed by atoms with Gasteiger partial charge in [-0.3, -0.25) is 4.79 Å². The Hall–Kier alpha value is -3.93. The number of carboxylic acid groups (broad SMARTS) is 1. The number of rotatable bonds is 7. The molecule has 0 aliphatic heterocycles. The van der Waals surface area contributed by atoms with Crippen molar-refractivity contribution in [2.75, 3.05) is 13.2 Å². The van der Waals surface area contributed by atoms with Crippen molar-refractivity contribution in [3.05, 3.63) is 64.1 Å². The van der Waals surface area contributed by atoms with Crippen LogP contribution in [0.1, 0.15) is 18.2 Å². The zero-order valence-corrected chi connectivity index (χ0v) is 19.2. The molecule has 0 saturated carbocycles. The van der Waals surface area contributed by atoms with Gasteiger partial charge in [0.15, 0.2) is 12.3 Å². The van der Waals surface area contributed by atoms with Gasteiger partial charge in [-0.15, -0.1) is 0 Å². The fourth-order valence-electron chi connectivity index (χ4n) is 3.42. The average Bonchev–Trinajstić information content (AvgIpc) is 3.20. The van der Waals surface area contributed by atoms with Crippen molar-refractivity contribution in [1.82, 2.24) is 13.9 Å². The number of aromatic nitrogens is 3. The number of ether oxygens (including phenoxy) is 2. The van der Waals surface area contributed by atoms with Crippen molar-refractivity contribution in [1.29, 1.82) is 0 Å². The first kappa shape index (κ1) is 24.2. The van der Waals surface area contributed by atoms with E-state index in [9.17, 15) is 22.8 Å². The normalized spacial score (nSPS) is 11.6. The molecule has 1 N–H and O–H groups in total. The molecule has 2 heterocycles. The van der Waals surface area contributed by atoms with Crippen LogP contribution in [-0.2, 0) is 11.0 Å². The Balaban J connectivity index is 1.89. The molecule has 2 aromatic heterocycles. The van der Waals surface area contributed by atoms with E-state index in [1.807, 2.05) is 6.92 Å². The minimum absolute atomic E-state index is 0.00514. The number of hydrogen-bond donors (Lipinski definition) is 1. The third-order valence-electron chi connectivity index (χ3n) is 4.90. The lowest BCUT2D eigenvalue weighted by molar-refractivity contribution is -0.142. The van der Waals surface area contributed by atoms with Gasteiger partial charge in [-0.2, -0.15) is 22.5 Å². The molecule has 12 heteroatoms. The maximum Gasteiger partial charge on any atom is 0.433 e. The summed E-state index contributed by atoms with van der Waals surface area (Å²) < 4.78 is 56.5. The molecule has 0 amide bonds. The van der Waals surface area contributed by atoms with Crippen LogP contribution in [0, 0.1) is 6.92 Å². The molecule has 0 atom stereocenters. The molecule has 35 heavy (non-hydrogen) atoms. The Labute approximate surface area is 200 Å². The number of fused-ring (bicyclic) bond motifs is 1. The van der Waals surface area contributed by atoms with Crippen molar-refractivity contribution in [2.45, 2.75) is 20.0 Å².